The normalized spacial score (nSPS) is 12.0. The second-order valence-corrected chi connectivity index (χ2v) is 13.1. The molecule has 3 aromatic carbocycles. The standard InChI is InChI=1S/C30H35Cl2N3O4S2/c1-5-17-33-30(37)28(6-2)34(19-22-9-10-23(31)18-27(22)32)29(36)20-35(24-11-7-21(3)8-12-24)41(38,39)26-15-13-25(40-4)14-16-26/h7-16,18,28H,5-6,17,19-20H2,1-4H3,(H,33,37). The van der Waals surface area contributed by atoms with Gasteiger partial charge in [-0.15, -0.1) is 11.8 Å². The summed E-state index contributed by atoms with van der Waals surface area (Å²) >= 11 is 14.0. The molecule has 220 valence electrons. The average molecular weight is 637 g/mol. The molecule has 0 spiro atoms. The topological polar surface area (TPSA) is 86.8 Å². The van der Waals surface area contributed by atoms with E-state index in [4.69, 9.17) is 23.2 Å². The number of thioether (sulfide) groups is 1. The molecule has 41 heavy (non-hydrogen) atoms. The molecule has 0 bridgehead atoms. The molecule has 1 atom stereocenters. The molecular weight excluding hydrogens is 601 g/mol. The second-order valence-electron chi connectivity index (χ2n) is 9.50. The van der Waals surface area contributed by atoms with Crippen LogP contribution in [0, 0.1) is 6.92 Å². The third-order valence-electron chi connectivity index (χ3n) is 6.54. The molecule has 7 nitrogen and oxygen atoms in total. The summed E-state index contributed by atoms with van der Waals surface area (Å²) in [5.41, 5.74) is 1.87. The van der Waals surface area contributed by atoms with Gasteiger partial charge in [-0.2, -0.15) is 0 Å². The van der Waals surface area contributed by atoms with Gasteiger partial charge in [0.2, 0.25) is 11.8 Å². The third kappa shape index (κ3) is 8.41. The van der Waals surface area contributed by atoms with Crippen molar-refractivity contribution < 1.29 is 18.0 Å². The maximum absolute atomic E-state index is 14.1. The number of amides is 2. The predicted molar refractivity (Wildman–Crippen MR) is 168 cm³/mol. The minimum absolute atomic E-state index is 0.00288. The summed E-state index contributed by atoms with van der Waals surface area (Å²) in [5.74, 6) is -0.857. The first-order chi connectivity index (χ1) is 19.5. The highest BCUT2D eigenvalue weighted by Gasteiger charge is 2.34. The summed E-state index contributed by atoms with van der Waals surface area (Å²) in [4.78, 5) is 29.7. The van der Waals surface area contributed by atoms with Gasteiger partial charge in [-0.1, -0.05) is 60.8 Å². The van der Waals surface area contributed by atoms with Gasteiger partial charge in [-0.3, -0.25) is 13.9 Å². The Labute approximate surface area is 257 Å². The first-order valence-electron chi connectivity index (χ1n) is 13.3. The van der Waals surface area contributed by atoms with Crippen LogP contribution in [0.4, 0.5) is 5.69 Å². The van der Waals surface area contributed by atoms with E-state index in [1.54, 1.807) is 54.6 Å². The maximum atomic E-state index is 14.1. The van der Waals surface area contributed by atoms with Crippen LogP contribution >= 0.6 is 35.0 Å². The highest BCUT2D eigenvalue weighted by molar-refractivity contribution is 7.98. The monoisotopic (exact) mass is 635 g/mol. The maximum Gasteiger partial charge on any atom is 0.264 e. The Bertz CT molecular complexity index is 1450. The lowest BCUT2D eigenvalue weighted by molar-refractivity contribution is -0.140. The van der Waals surface area contributed by atoms with Crippen molar-refractivity contribution in [2.75, 3.05) is 23.7 Å². The lowest BCUT2D eigenvalue weighted by Gasteiger charge is -2.33. The Kier molecular flexibility index (Phi) is 12.0. The lowest BCUT2D eigenvalue weighted by atomic mass is 10.1. The molecule has 0 heterocycles. The van der Waals surface area contributed by atoms with Crippen molar-refractivity contribution in [2.45, 2.75) is 56.0 Å². The number of nitrogens with zero attached hydrogens (tertiary/aromatic N) is 2. The van der Waals surface area contributed by atoms with Gasteiger partial charge >= 0.3 is 0 Å². The first-order valence-corrected chi connectivity index (χ1v) is 16.7. The van der Waals surface area contributed by atoms with Crippen LogP contribution < -0.4 is 9.62 Å². The van der Waals surface area contributed by atoms with Gasteiger partial charge in [0.25, 0.3) is 10.0 Å². The van der Waals surface area contributed by atoms with Crippen LogP contribution in [0.3, 0.4) is 0 Å². The van der Waals surface area contributed by atoms with Gasteiger partial charge in [0.15, 0.2) is 0 Å². The first kappa shape index (κ1) is 32.8. The van der Waals surface area contributed by atoms with E-state index in [2.05, 4.69) is 5.32 Å². The van der Waals surface area contributed by atoms with Crippen molar-refractivity contribution in [3.8, 4) is 0 Å². The van der Waals surface area contributed by atoms with Crippen LogP contribution in [-0.4, -0.2) is 50.5 Å². The number of rotatable bonds is 13. The van der Waals surface area contributed by atoms with Crippen LogP contribution in [-0.2, 0) is 26.2 Å². The van der Waals surface area contributed by atoms with Gasteiger partial charge in [-0.05, 0) is 80.1 Å². The van der Waals surface area contributed by atoms with Crippen molar-refractivity contribution in [1.82, 2.24) is 10.2 Å². The summed E-state index contributed by atoms with van der Waals surface area (Å²) in [6.45, 7) is 5.58. The summed E-state index contributed by atoms with van der Waals surface area (Å²) in [7, 11) is -4.14. The predicted octanol–water partition coefficient (Wildman–Crippen LogP) is 6.55. The van der Waals surface area contributed by atoms with Crippen molar-refractivity contribution >= 4 is 62.5 Å². The molecule has 0 aliphatic heterocycles. The van der Waals surface area contributed by atoms with Crippen LogP contribution in [0.2, 0.25) is 10.0 Å². The number of hydrogen-bond donors (Lipinski definition) is 1. The minimum atomic E-state index is -4.14. The zero-order valence-electron chi connectivity index (χ0n) is 23.6. The molecule has 0 aliphatic carbocycles. The van der Waals surface area contributed by atoms with Crippen LogP contribution in [0.25, 0.3) is 0 Å². The molecule has 3 aromatic rings. The molecular formula is C30H35Cl2N3O4S2. The molecule has 1 N–H and O–H groups in total. The van der Waals surface area contributed by atoms with Gasteiger partial charge in [-0.25, -0.2) is 8.42 Å². The average Bonchev–Trinajstić information content (AvgIpc) is 2.96. The number of hydrogen-bond acceptors (Lipinski definition) is 5. The lowest BCUT2D eigenvalue weighted by Crippen LogP contribution is -2.52. The molecule has 0 aliphatic rings. The molecule has 0 aromatic heterocycles. The fourth-order valence-electron chi connectivity index (χ4n) is 4.23. The fraction of sp³-hybridized carbons (Fsp3) is 0.333. The van der Waals surface area contributed by atoms with E-state index in [1.807, 2.05) is 27.0 Å². The molecule has 3 rings (SSSR count). The van der Waals surface area contributed by atoms with E-state index in [0.717, 1.165) is 21.2 Å². The number of carbonyl (C=O) groups excluding carboxylic acids is 2. The van der Waals surface area contributed by atoms with Gasteiger partial charge < -0.3 is 10.2 Å². The molecule has 0 radical (unpaired) electrons. The Morgan fingerprint density at radius 1 is 0.976 bits per heavy atom. The van der Waals surface area contributed by atoms with Crippen LogP contribution in [0.5, 0.6) is 0 Å². The molecule has 11 heteroatoms. The Morgan fingerprint density at radius 2 is 1.63 bits per heavy atom. The number of carbonyl (C=O) groups is 2. The smallest absolute Gasteiger partial charge is 0.264 e. The Hall–Kier alpha value is -2.72. The van der Waals surface area contributed by atoms with Gasteiger partial charge in [0.1, 0.15) is 12.6 Å². The number of aryl methyl sites for hydroxylation is 1. The third-order valence-corrected chi connectivity index (χ3v) is 9.66. The minimum Gasteiger partial charge on any atom is -0.354 e. The van der Waals surface area contributed by atoms with Crippen LogP contribution in [0.1, 0.15) is 37.8 Å². The highest BCUT2D eigenvalue weighted by atomic mass is 35.5. The number of benzene rings is 3. The van der Waals surface area contributed by atoms with E-state index in [9.17, 15) is 18.0 Å². The number of anilines is 1. The summed E-state index contributed by atoms with van der Waals surface area (Å²) in [6, 6.07) is 17.5. The quantitative estimate of drug-likeness (QED) is 0.215. The zero-order valence-corrected chi connectivity index (χ0v) is 26.7. The van der Waals surface area contributed by atoms with Crippen molar-refractivity contribution in [3.05, 3.63) is 87.9 Å². The molecule has 0 saturated heterocycles. The van der Waals surface area contributed by atoms with Crippen molar-refractivity contribution in [1.29, 1.82) is 0 Å². The van der Waals surface area contributed by atoms with E-state index >= 15 is 0 Å². The molecule has 0 saturated carbocycles. The summed E-state index contributed by atoms with van der Waals surface area (Å²) in [6.07, 6.45) is 2.96. The van der Waals surface area contributed by atoms with Gasteiger partial charge in [0, 0.05) is 28.0 Å². The number of halogens is 2. The second kappa shape index (κ2) is 15.0. The Morgan fingerprint density at radius 3 is 2.20 bits per heavy atom. The van der Waals surface area contributed by atoms with E-state index in [-0.39, 0.29) is 17.3 Å². The number of sulfonamides is 1. The summed E-state index contributed by atoms with van der Waals surface area (Å²) < 4.78 is 29.0. The Balaban J connectivity index is 2.07. The van der Waals surface area contributed by atoms with Crippen molar-refractivity contribution in [3.63, 3.8) is 0 Å². The fourth-order valence-corrected chi connectivity index (χ4v) is 6.52. The highest BCUT2D eigenvalue weighted by Crippen LogP contribution is 2.28. The van der Waals surface area contributed by atoms with Crippen LogP contribution in [0.15, 0.2) is 76.5 Å². The summed E-state index contributed by atoms with van der Waals surface area (Å²) in [5, 5.41) is 3.65. The number of nitrogens with one attached hydrogen (secondary N) is 1. The molecule has 1 unspecified atom stereocenters. The van der Waals surface area contributed by atoms with Gasteiger partial charge in [0.05, 0.1) is 10.6 Å². The largest absolute Gasteiger partial charge is 0.354 e. The SMILES string of the molecule is CCCNC(=O)C(CC)N(Cc1ccc(Cl)cc1Cl)C(=O)CN(c1ccc(C)cc1)S(=O)(=O)c1ccc(SC)cc1. The van der Waals surface area contributed by atoms with E-state index < -0.39 is 28.5 Å². The molecule has 2 amide bonds. The zero-order chi connectivity index (χ0) is 30.2. The molecule has 0 fully saturated rings. The van der Waals surface area contributed by atoms with Crippen molar-refractivity contribution in [2.24, 2.45) is 0 Å². The van der Waals surface area contributed by atoms with E-state index in [0.29, 0.717) is 34.3 Å². The van der Waals surface area contributed by atoms with E-state index in [1.165, 1.54) is 28.8 Å².